The van der Waals surface area contributed by atoms with E-state index in [2.05, 4.69) is 31.1 Å². The van der Waals surface area contributed by atoms with Crippen LogP contribution in [-0.2, 0) is 0 Å². The summed E-state index contributed by atoms with van der Waals surface area (Å²) < 4.78 is 0. The van der Waals surface area contributed by atoms with Gasteiger partial charge in [-0.15, -0.1) is 5.92 Å². The summed E-state index contributed by atoms with van der Waals surface area (Å²) in [4.78, 5) is 0. The van der Waals surface area contributed by atoms with Gasteiger partial charge in [0.1, 0.15) is 0 Å². The van der Waals surface area contributed by atoms with Crippen LogP contribution >= 0.6 is 0 Å². The Morgan fingerprint density at radius 3 is 2.62 bits per heavy atom. The second kappa shape index (κ2) is 12.3. The number of rotatable bonds is 8. The van der Waals surface area contributed by atoms with Crippen molar-refractivity contribution in [3.8, 4) is 17.9 Å². The molecule has 0 amide bonds. The van der Waals surface area contributed by atoms with Crippen molar-refractivity contribution in [1.29, 1.82) is 5.26 Å². The number of nitriles is 1. The van der Waals surface area contributed by atoms with Gasteiger partial charge in [-0.2, -0.15) is 5.26 Å². The molecule has 0 aromatic rings. The highest BCUT2D eigenvalue weighted by Gasteiger charge is 1.98. The van der Waals surface area contributed by atoms with E-state index in [0.29, 0.717) is 24.1 Å². The Kier molecular flexibility index (Phi) is 10.7. The molecule has 0 unspecified atom stereocenters. The average molecular weight is 278 g/mol. The van der Waals surface area contributed by atoms with Gasteiger partial charge in [-0.3, -0.25) is 0 Å². The summed E-state index contributed by atoms with van der Waals surface area (Å²) in [7, 11) is 0. The zero-order chi connectivity index (χ0) is 15.9. The van der Waals surface area contributed by atoms with Crippen LogP contribution < -0.4 is 5.73 Å². The Labute approximate surface area is 128 Å². The molecule has 0 heterocycles. The standard InChI is InChI=1S/C19H22N2/c1-4-6-8-9-11-19(16-20)15-14-18(10-7-5-2)13-12-17(3)21/h5,7-11,13H,2-3,12,14-15,21H2,1H3/b9-8-,10-7-,18-13+,19-11+. The largest absolute Gasteiger partial charge is 0.402 e. The van der Waals surface area contributed by atoms with Crippen molar-refractivity contribution in [2.75, 3.05) is 0 Å². The molecule has 0 fully saturated rings. The minimum Gasteiger partial charge on any atom is -0.402 e. The molecule has 2 heteroatoms. The molecule has 2 N–H and O–H groups in total. The molecule has 0 saturated heterocycles. The number of hydrogen-bond acceptors (Lipinski definition) is 2. The van der Waals surface area contributed by atoms with Gasteiger partial charge in [0.2, 0.25) is 0 Å². The minimum absolute atomic E-state index is 0.622. The third kappa shape index (κ3) is 10.9. The highest BCUT2D eigenvalue weighted by Crippen LogP contribution is 2.14. The van der Waals surface area contributed by atoms with Crippen LogP contribution in [0.3, 0.4) is 0 Å². The third-order valence-electron chi connectivity index (χ3n) is 2.52. The van der Waals surface area contributed by atoms with Crippen LogP contribution in [0.15, 0.2) is 72.5 Å². The molecule has 0 spiro atoms. The molecule has 0 rings (SSSR count). The fourth-order valence-electron chi connectivity index (χ4n) is 1.46. The fourth-order valence-corrected chi connectivity index (χ4v) is 1.46. The van der Waals surface area contributed by atoms with Gasteiger partial charge in [-0.25, -0.2) is 0 Å². The molecule has 2 nitrogen and oxygen atoms in total. The van der Waals surface area contributed by atoms with Crippen LogP contribution in [-0.4, -0.2) is 0 Å². The maximum atomic E-state index is 9.11. The van der Waals surface area contributed by atoms with Crippen molar-refractivity contribution in [3.05, 3.63) is 72.5 Å². The van der Waals surface area contributed by atoms with Crippen molar-refractivity contribution in [2.45, 2.75) is 26.2 Å². The summed E-state index contributed by atoms with van der Waals surface area (Å²) in [6.07, 6.45) is 15.0. The number of hydrogen-bond donors (Lipinski definition) is 1. The Hall–Kier alpha value is -2.71. The van der Waals surface area contributed by atoms with Gasteiger partial charge < -0.3 is 5.73 Å². The predicted octanol–water partition coefficient (Wildman–Crippen LogP) is 4.33. The minimum atomic E-state index is 0.622. The van der Waals surface area contributed by atoms with E-state index in [-0.39, 0.29) is 0 Å². The van der Waals surface area contributed by atoms with E-state index >= 15 is 0 Å². The number of nitrogens with zero attached hydrogens (tertiary/aromatic N) is 1. The molecule has 0 atom stereocenters. The Bertz CT molecular complexity index is 567. The summed E-state index contributed by atoms with van der Waals surface area (Å²) in [6, 6.07) is 2.20. The van der Waals surface area contributed by atoms with Gasteiger partial charge in [0, 0.05) is 17.7 Å². The smallest absolute Gasteiger partial charge is 0.0947 e. The van der Waals surface area contributed by atoms with Gasteiger partial charge in [0.25, 0.3) is 0 Å². The second-order valence-electron chi connectivity index (χ2n) is 4.29. The monoisotopic (exact) mass is 278 g/mol. The molecular weight excluding hydrogens is 256 g/mol. The number of allylic oxidation sites excluding steroid dienone is 9. The highest BCUT2D eigenvalue weighted by atomic mass is 14.5. The molecule has 0 radical (unpaired) electrons. The topological polar surface area (TPSA) is 49.8 Å². The fraction of sp³-hybridized carbons (Fsp3) is 0.211. The first-order valence-electron chi connectivity index (χ1n) is 6.73. The molecule has 0 aliphatic carbocycles. The van der Waals surface area contributed by atoms with Crippen LogP contribution in [0.2, 0.25) is 0 Å². The van der Waals surface area contributed by atoms with Crippen LogP contribution in [0.5, 0.6) is 0 Å². The molecule has 0 bridgehead atoms. The molecule has 0 aliphatic rings. The normalized spacial score (nSPS) is 12.0. The average Bonchev–Trinajstić information content (AvgIpc) is 2.48. The highest BCUT2D eigenvalue weighted by molar-refractivity contribution is 5.31. The van der Waals surface area contributed by atoms with E-state index in [9.17, 15) is 0 Å². The lowest BCUT2D eigenvalue weighted by Gasteiger charge is -2.02. The Morgan fingerprint density at radius 2 is 2.05 bits per heavy atom. The molecule has 0 aromatic heterocycles. The van der Waals surface area contributed by atoms with Crippen molar-refractivity contribution in [2.24, 2.45) is 5.73 Å². The molecule has 108 valence electrons. The van der Waals surface area contributed by atoms with E-state index in [4.69, 9.17) is 11.0 Å². The maximum Gasteiger partial charge on any atom is 0.0947 e. The van der Waals surface area contributed by atoms with Crippen LogP contribution in [0.4, 0.5) is 0 Å². The van der Waals surface area contributed by atoms with Crippen LogP contribution in [0.1, 0.15) is 26.2 Å². The summed E-state index contributed by atoms with van der Waals surface area (Å²) in [5.74, 6) is 5.57. The van der Waals surface area contributed by atoms with Gasteiger partial charge in [-0.05, 0) is 31.9 Å². The van der Waals surface area contributed by atoms with Crippen molar-refractivity contribution in [3.63, 3.8) is 0 Å². The molecule has 0 aliphatic heterocycles. The summed E-state index contributed by atoms with van der Waals surface area (Å²) in [5.41, 5.74) is 8.03. The quantitative estimate of drug-likeness (QED) is 0.408. The lowest BCUT2D eigenvalue weighted by atomic mass is 10.0. The Balaban J connectivity index is 4.76. The van der Waals surface area contributed by atoms with Crippen molar-refractivity contribution >= 4 is 0 Å². The first-order chi connectivity index (χ1) is 10.1. The van der Waals surface area contributed by atoms with Crippen molar-refractivity contribution < 1.29 is 0 Å². The zero-order valence-electron chi connectivity index (χ0n) is 12.6. The lowest BCUT2D eigenvalue weighted by molar-refractivity contribution is 0.961. The second-order valence-corrected chi connectivity index (χ2v) is 4.29. The molecule has 0 saturated carbocycles. The first kappa shape index (κ1) is 18.3. The third-order valence-corrected chi connectivity index (χ3v) is 2.52. The SMILES string of the molecule is C=C/C=C\C(=C/CC(=C)N)CC/C(C#N)=C\C=C/C#CC. The lowest BCUT2D eigenvalue weighted by Crippen LogP contribution is -1.93. The van der Waals surface area contributed by atoms with E-state index < -0.39 is 0 Å². The number of nitrogens with two attached hydrogens (primary N) is 1. The zero-order valence-corrected chi connectivity index (χ0v) is 12.6. The summed E-state index contributed by atoms with van der Waals surface area (Å²) >= 11 is 0. The van der Waals surface area contributed by atoms with E-state index in [0.717, 1.165) is 12.0 Å². The van der Waals surface area contributed by atoms with E-state index in [1.807, 2.05) is 18.2 Å². The molecule has 21 heavy (non-hydrogen) atoms. The molecular formula is C19H22N2. The van der Waals surface area contributed by atoms with E-state index in [1.165, 1.54) is 0 Å². The van der Waals surface area contributed by atoms with Gasteiger partial charge >= 0.3 is 0 Å². The van der Waals surface area contributed by atoms with E-state index in [1.54, 1.807) is 31.2 Å². The van der Waals surface area contributed by atoms with Gasteiger partial charge in [-0.1, -0.05) is 55.0 Å². The van der Waals surface area contributed by atoms with Crippen LogP contribution in [0, 0.1) is 23.2 Å². The first-order valence-corrected chi connectivity index (χ1v) is 6.73. The Morgan fingerprint density at radius 1 is 1.29 bits per heavy atom. The molecule has 0 aromatic carbocycles. The van der Waals surface area contributed by atoms with Crippen molar-refractivity contribution in [1.82, 2.24) is 0 Å². The predicted molar refractivity (Wildman–Crippen MR) is 90.9 cm³/mol. The van der Waals surface area contributed by atoms with Gasteiger partial charge in [0.15, 0.2) is 0 Å². The van der Waals surface area contributed by atoms with Crippen LogP contribution in [0.25, 0.3) is 0 Å². The summed E-state index contributed by atoms with van der Waals surface area (Å²) in [5, 5.41) is 9.11. The summed E-state index contributed by atoms with van der Waals surface area (Å²) in [6.45, 7) is 9.11. The maximum absolute atomic E-state index is 9.11. The van der Waals surface area contributed by atoms with Gasteiger partial charge in [0.05, 0.1) is 6.07 Å².